The van der Waals surface area contributed by atoms with E-state index in [0.29, 0.717) is 25.2 Å². The van der Waals surface area contributed by atoms with Crippen LogP contribution >= 0.6 is 0 Å². The molecule has 0 bridgehead atoms. The highest BCUT2D eigenvalue weighted by molar-refractivity contribution is 5.78. The van der Waals surface area contributed by atoms with Crippen LogP contribution in [0.25, 0.3) is 0 Å². The second-order valence-electron chi connectivity index (χ2n) is 5.72. The predicted molar refractivity (Wildman–Crippen MR) is 89.7 cm³/mol. The van der Waals surface area contributed by atoms with Gasteiger partial charge in [0.1, 0.15) is 5.75 Å². The van der Waals surface area contributed by atoms with Gasteiger partial charge in [0.05, 0.1) is 11.5 Å². The number of carbonyl (C=O) groups is 1. The lowest BCUT2D eigenvalue weighted by molar-refractivity contribution is -0.385. The number of aromatic hydroxyl groups is 1. The van der Waals surface area contributed by atoms with Crippen molar-refractivity contribution >= 4 is 11.6 Å². The Morgan fingerprint density at radius 3 is 2.62 bits per heavy atom. The number of nitrogens with zero attached hydrogens (tertiary/aromatic N) is 3. The topological polar surface area (TPSA) is 99.0 Å². The van der Waals surface area contributed by atoms with E-state index in [-0.39, 0.29) is 17.3 Å². The van der Waals surface area contributed by atoms with E-state index in [2.05, 4.69) is 21.7 Å². The average molecular weight is 334 g/mol. The molecule has 8 nitrogen and oxygen atoms in total. The Hall–Kier alpha value is -2.45. The van der Waals surface area contributed by atoms with Crippen molar-refractivity contribution in [1.82, 2.24) is 15.1 Å². The van der Waals surface area contributed by atoms with Gasteiger partial charge < -0.3 is 10.4 Å². The first-order valence-electron chi connectivity index (χ1n) is 7.78. The number of non-ortho nitro benzene ring substituents is 1. The van der Waals surface area contributed by atoms with Crippen molar-refractivity contribution in [2.45, 2.75) is 6.54 Å². The molecule has 130 valence electrons. The van der Waals surface area contributed by atoms with Gasteiger partial charge >= 0.3 is 0 Å². The number of piperazine rings is 1. The van der Waals surface area contributed by atoms with Gasteiger partial charge in [0.2, 0.25) is 5.91 Å². The standard InChI is InChI=1S/C16H22N4O4/c1-2-5-17-16(22)12-19-8-6-18(7-9-19)11-13-10-14(20(23)24)3-4-15(13)21/h2-4,10,21H,1,5-9,11-12H2,(H,17,22). The van der Waals surface area contributed by atoms with Crippen LogP contribution in [0.15, 0.2) is 30.9 Å². The number of nitro groups is 1. The van der Waals surface area contributed by atoms with E-state index < -0.39 is 4.92 Å². The fourth-order valence-electron chi connectivity index (χ4n) is 2.60. The molecule has 0 unspecified atom stereocenters. The molecule has 1 amide bonds. The molecule has 1 aliphatic rings. The van der Waals surface area contributed by atoms with E-state index in [1.54, 1.807) is 6.08 Å². The molecule has 24 heavy (non-hydrogen) atoms. The molecule has 0 saturated carbocycles. The van der Waals surface area contributed by atoms with Crippen LogP contribution in [0.2, 0.25) is 0 Å². The minimum Gasteiger partial charge on any atom is -0.508 e. The zero-order chi connectivity index (χ0) is 17.5. The van der Waals surface area contributed by atoms with Crippen LogP contribution in [0.1, 0.15) is 5.56 Å². The Labute approximate surface area is 140 Å². The van der Waals surface area contributed by atoms with Gasteiger partial charge in [-0.2, -0.15) is 0 Å². The van der Waals surface area contributed by atoms with Crippen molar-refractivity contribution in [2.75, 3.05) is 39.3 Å². The van der Waals surface area contributed by atoms with E-state index in [0.717, 1.165) is 26.2 Å². The van der Waals surface area contributed by atoms with Gasteiger partial charge in [0.25, 0.3) is 5.69 Å². The monoisotopic (exact) mass is 334 g/mol. The Morgan fingerprint density at radius 2 is 2.00 bits per heavy atom. The molecule has 8 heteroatoms. The van der Waals surface area contributed by atoms with Crippen LogP contribution in [0.5, 0.6) is 5.75 Å². The van der Waals surface area contributed by atoms with Crippen LogP contribution in [-0.2, 0) is 11.3 Å². The SMILES string of the molecule is C=CCNC(=O)CN1CCN(Cc2cc([N+](=O)[O-])ccc2O)CC1. The average Bonchev–Trinajstić information content (AvgIpc) is 2.56. The number of rotatable bonds is 7. The van der Waals surface area contributed by atoms with Crippen molar-refractivity contribution in [2.24, 2.45) is 0 Å². The van der Waals surface area contributed by atoms with E-state index in [9.17, 15) is 20.0 Å². The zero-order valence-corrected chi connectivity index (χ0v) is 13.5. The summed E-state index contributed by atoms with van der Waals surface area (Å²) in [4.78, 5) is 26.2. The van der Waals surface area contributed by atoms with Gasteiger partial charge in [-0.3, -0.25) is 24.7 Å². The molecule has 0 radical (unpaired) electrons. The molecule has 0 aromatic heterocycles. The van der Waals surface area contributed by atoms with Gasteiger partial charge in [-0.05, 0) is 6.07 Å². The maximum atomic E-state index is 11.7. The second kappa shape index (κ2) is 8.42. The minimum atomic E-state index is -0.470. The first-order chi connectivity index (χ1) is 11.5. The molecule has 1 aromatic rings. The van der Waals surface area contributed by atoms with Crippen LogP contribution < -0.4 is 5.32 Å². The molecule has 1 heterocycles. The van der Waals surface area contributed by atoms with Crippen molar-refractivity contribution in [3.8, 4) is 5.75 Å². The molecule has 0 atom stereocenters. The summed E-state index contributed by atoms with van der Waals surface area (Å²) in [7, 11) is 0. The Balaban J connectivity index is 1.85. The summed E-state index contributed by atoms with van der Waals surface area (Å²) < 4.78 is 0. The summed E-state index contributed by atoms with van der Waals surface area (Å²) in [6, 6.07) is 4.05. The van der Waals surface area contributed by atoms with Crippen LogP contribution in [-0.4, -0.2) is 65.0 Å². The number of hydrogen-bond acceptors (Lipinski definition) is 6. The minimum absolute atomic E-state index is 0.0275. The number of phenols is 1. The second-order valence-corrected chi connectivity index (χ2v) is 5.72. The highest BCUT2D eigenvalue weighted by Gasteiger charge is 2.20. The molecular weight excluding hydrogens is 312 g/mol. The van der Waals surface area contributed by atoms with E-state index in [4.69, 9.17) is 0 Å². The quantitative estimate of drug-likeness (QED) is 0.433. The van der Waals surface area contributed by atoms with E-state index in [1.807, 2.05) is 0 Å². The van der Waals surface area contributed by atoms with Gasteiger partial charge in [0.15, 0.2) is 0 Å². The van der Waals surface area contributed by atoms with E-state index in [1.165, 1.54) is 18.2 Å². The summed E-state index contributed by atoms with van der Waals surface area (Å²) in [5, 5.41) is 23.5. The number of nitrogens with one attached hydrogen (secondary N) is 1. The molecular formula is C16H22N4O4. The molecule has 0 aliphatic carbocycles. The Morgan fingerprint density at radius 1 is 1.33 bits per heavy atom. The van der Waals surface area contributed by atoms with Gasteiger partial charge in [0, 0.05) is 57.0 Å². The molecule has 1 fully saturated rings. The summed E-state index contributed by atoms with van der Waals surface area (Å²) >= 11 is 0. The fourth-order valence-corrected chi connectivity index (χ4v) is 2.60. The number of nitro benzene ring substituents is 1. The molecule has 2 rings (SSSR count). The Bertz CT molecular complexity index is 612. The van der Waals surface area contributed by atoms with Crippen molar-refractivity contribution in [1.29, 1.82) is 0 Å². The number of carbonyl (C=O) groups excluding carboxylic acids is 1. The number of hydrogen-bond donors (Lipinski definition) is 2. The van der Waals surface area contributed by atoms with Gasteiger partial charge in [-0.15, -0.1) is 6.58 Å². The maximum absolute atomic E-state index is 11.7. The number of amides is 1. The summed E-state index contributed by atoms with van der Waals surface area (Å²) in [6.07, 6.45) is 1.64. The summed E-state index contributed by atoms with van der Waals surface area (Å²) in [5.74, 6) is 0.0338. The van der Waals surface area contributed by atoms with Crippen LogP contribution in [0.4, 0.5) is 5.69 Å². The normalized spacial score (nSPS) is 15.8. The largest absolute Gasteiger partial charge is 0.508 e. The van der Waals surface area contributed by atoms with Gasteiger partial charge in [-0.1, -0.05) is 6.08 Å². The lowest BCUT2D eigenvalue weighted by Crippen LogP contribution is -2.49. The third-order valence-corrected chi connectivity index (χ3v) is 3.94. The zero-order valence-electron chi connectivity index (χ0n) is 13.5. The highest BCUT2D eigenvalue weighted by Crippen LogP contribution is 2.24. The molecule has 1 aromatic carbocycles. The maximum Gasteiger partial charge on any atom is 0.270 e. The smallest absolute Gasteiger partial charge is 0.270 e. The fraction of sp³-hybridized carbons (Fsp3) is 0.438. The molecule has 1 aliphatic heterocycles. The van der Waals surface area contributed by atoms with Gasteiger partial charge in [-0.25, -0.2) is 0 Å². The lowest BCUT2D eigenvalue weighted by atomic mass is 10.1. The molecule has 2 N–H and O–H groups in total. The first-order valence-corrected chi connectivity index (χ1v) is 7.78. The van der Waals surface area contributed by atoms with Crippen molar-refractivity contribution in [3.05, 3.63) is 46.5 Å². The third-order valence-electron chi connectivity index (χ3n) is 3.94. The summed E-state index contributed by atoms with van der Waals surface area (Å²) in [5.41, 5.74) is 0.515. The van der Waals surface area contributed by atoms with Crippen LogP contribution in [0, 0.1) is 10.1 Å². The Kier molecular flexibility index (Phi) is 6.28. The number of phenolic OH excluding ortho intramolecular Hbond substituents is 1. The predicted octanol–water partition coefficient (Wildman–Crippen LogP) is 0.720. The van der Waals surface area contributed by atoms with Crippen molar-refractivity contribution in [3.63, 3.8) is 0 Å². The van der Waals surface area contributed by atoms with Crippen molar-refractivity contribution < 1.29 is 14.8 Å². The highest BCUT2D eigenvalue weighted by atomic mass is 16.6. The first kappa shape index (κ1) is 17.9. The van der Waals surface area contributed by atoms with E-state index >= 15 is 0 Å². The lowest BCUT2D eigenvalue weighted by Gasteiger charge is -2.34. The number of benzene rings is 1. The van der Waals surface area contributed by atoms with Crippen LogP contribution in [0.3, 0.4) is 0 Å². The summed E-state index contributed by atoms with van der Waals surface area (Å²) in [6.45, 7) is 7.75. The molecule has 0 spiro atoms. The molecule has 1 saturated heterocycles. The third kappa shape index (κ3) is 5.04.